The van der Waals surface area contributed by atoms with Gasteiger partial charge in [-0.2, -0.15) is 0 Å². The van der Waals surface area contributed by atoms with Crippen molar-refractivity contribution in [3.05, 3.63) is 0 Å². The zero-order chi connectivity index (χ0) is 23.2. The lowest BCUT2D eigenvalue weighted by atomic mass is 9.88. The van der Waals surface area contributed by atoms with Gasteiger partial charge in [0.15, 0.2) is 0 Å². The van der Waals surface area contributed by atoms with Gasteiger partial charge in [-0.25, -0.2) is 15.2 Å². The van der Waals surface area contributed by atoms with Gasteiger partial charge in [-0.1, -0.05) is 6.92 Å². The predicted octanol–water partition coefficient (Wildman–Crippen LogP) is 0.146. The topological polar surface area (TPSA) is 149 Å². The standard InChI is InChI=1S/C18H35N3O9/c1-5-18(12-28-9-6-15(22)19(2)25,13-29-10-7-16(23)20(3)26)14-30-11-8-17(24)21(4)27/h25-27H,5-14H2,1-4H3. The third-order valence-corrected chi connectivity index (χ3v) is 4.44. The number of carbonyl (C=O) groups is 3. The summed E-state index contributed by atoms with van der Waals surface area (Å²) in [6.07, 6.45) is 0.595. The minimum Gasteiger partial charge on any atom is -0.380 e. The van der Waals surface area contributed by atoms with Gasteiger partial charge < -0.3 is 14.2 Å². The van der Waals surface area contributed by atoms with Gasteiger partial charge in [-0.15, -0.1) is 0 Å². The SMILES string of the molecule is CCC(COCCC(=O)N(C)O)(COCCC(=O)N(C)O)COCCC(=O)N(C)O. The fourth-order valence-corrected chi connectivity index (χ4v) is 2.26. The number of hydrogen-bond acceptors (Lipinski definition) is 9. The number of rotatable bonds is 16. The second-order valence-corrected chi connectivity index (χ2v) is 7.01. The van der Waals surface area contributed by atoms with Crippen LogP contribution in [0.25, 0.3) is 0 Å². The molecule has 0 unspecified atom stereocenters. The molecule has 0 saturated heterocycles. The lowest BCUT2D eigenvalue weighted by Gasteiger charge is -2.32. The predicted molar refractivity (Wildman–Crippen MR) is 103 cm³/mol. The Hall–Kier alpha value is -1.83. The molecule has 0 bridgehead atoms. The number of hydrogen-bond donors (Lipinski definition) is 3. The molecule has 0 aliphatic rings. The van der Waals surface area contributed by atoms with E-state index in [0.29, 0.717) is 21.6 Å². The zero-order valence-electron chi connectivity index (χ0n) is 18.2. The third kappa shape index (κ3) is 12.0. The Morgan fingerprint density at radius 3 is 1.13 bits per heavy atom. The first-order valence-corrected chi connectivity index (χ1v) is 9.64. The van der Waals surface area contributed by atoms with Crippen molar-refractivity contribution in [1.82, 2.24) is 15.2 Å². The van der Waals surface area contributed by atoms with Gasteiger partial charge in [0, 0.05) is 26.6 Å². The largest absolute Gasteiger partial charge is 0.380 e. The Kier molecular flexibility index (Phi) is 14.1. The van der Waals surface area contributed by atoms with E-state index in [4.69, 9.17) is 29.8 Å². The van der Waals surface area contributed by atoms with Gasteiger partial charge in [-0.05, 0) is 6.42 Å². The van der Waals surface area contributed by atoms with E-state index in [0.717, 1.165) is 0 Å². The summed E-state index contributed by atoms with van der Waals surface area (Å²) < 4.78 is 16.8. The maximum Gasteiger partial charge on any atom is 0.247 e. The van der Waals surface area contributed by atoms with Crippen LogP contribution in [0.1, 0.15) is 32.6 Å². The van der Waals surface area contributed by atoms with E-state index in [1.807, 2.05) is 6.92 Å². The lowest BCUT2D eigenvalue weighted by molar-refractivity contribution is -0.161. The van der Waals surface area contributed by atoms with Crippen LogP contribution in [-0.4, -0.2) is 109 Å². The van der Waals surface area contributed by atoms with Crippen LogP contribution in [0.3, 0.4) is 0 Å². The number of carbonyl (C=O) groups excluding carboxylic acids is 3. The van der Waals surface area contributed by atoms with Crippen molar-refractivity contribution in [1.29, 1.82) is 0 Å². The molecule has 0 aliphatic carbocycles. The van der Waals surface area contributed by atoms with Gasteiger partial charge in [0.25, 0.3) is 0 Å². The van der Waals surface area contributed by atoms with Crippen LogP contribution in [0.5, 0.6) is 0 Å². The molecule has 0 aromatic carbocycles. The highest BCUT2D eigenvalue weighted by molar-refractivity contribution is 5.75. The van der Waals surface area contributed by atoms with Crippen molar-refractivity contribution in [2.75, 3.05) is 60.8 Å². The van der Waals surface area contributed by atoms with Crippen LogP contribution < -0.4 is 0 Å². The van der Waals surface area contributed by atoms with Crippen LogP contribution in [0.2, 0.25) is 0 Å². The van der Waals surface area contributed by atoms with Gasteiger partial charge in [0.2, 0.25) is 17.7 Å². The molecule has 0 fully saturated rings. The Bertz CT molecular complexity index is 458. The number of ether oxygens (including phenoxy) is 3. The number of nitrogens with zero attached hydrogens (tertiary/aromatic N) is 3. The van der Waals surface area contributed by atoms with Crippen LogP contribution in [0.15, 0.2) is 0 Å². The van der Waals surface area contributed by atoms with Gasteiger partial charge in [0.1, 0.15) is 0 Å². The fourth-order valence-electron chi connectivity index (χ4n) is 2.26. The van der Waals surface area contributed by atoms with Crippen LogP contribution in [-0.2, 0) is 28.6 Å². The molecule has 3 amide bonds. The zero-order valence-corrected chi connectivity index (χ0v) is 18.2. The van der Waals surface area contributed by atoms with Gasteiger partial charge in [-0.3, -0.25) is 30.0 Å². The maximum atomic E-state index is 11.4. The summed E-state index contributed by atoms with van der Waals surface area (Å²) in [4.78, 5) is 34.3. The summed E-state index contributed by atoms with van der Waals surface area (Å²) in [5.41, 5.74) is -0.601. The summed E-state index contributed by atoms with van der Waals surface area (Å²) in [6.45, 7) is 2.74. The van der Waals surface area contributed by atoms with Crippen LogP contribution >= 0.6 is 0 Å². The summed E-state index contributed by atoms with van der Waals surface area (Å²) in [5.74, 6) is -1.45. The molecule has 0 heterocycles. The molecule has 0 aliphatic heterocycles. The van der Waals surface area contributed by atoms with E-state index < -0.39 is 23.1 Å². The smallest absolute Gasteiger partial charge is 0.247 e. The lowest BCUT2D eigenvalue weighted by Crippen LogP contribution is -2.38. The second-order valence-electron chi connectivity index (χ2n) is 7.01. The molecule has 3 N–H and O–H groups in total. The highest BCUT2D eigenvalue weighted by Crippen LogP contribution is 2.24. The summed E-state index contributed by atoms with van der Waals surface area (Å²) in [7, 11) is 3.70. The van der Waals surface area contributed by atoms with E-state index in [1.165, 1.54) is 21.1 Å². The monoisotopic (exact) mass is 437 g/mol. The highest BCUT2D eigenvalue weighted by atomic mass is 16.5. The van der Waals surface area contributed by atoms with Crippen LogP contribution in [0, 0.1) is 5.41 Å². The first kappa shape index (κ1) is 28.2. The fraction of sp³-hybridized carbons (Fsp3) is 0.833. The maximum absolute atomic E-state index is 11.4. The Morgan fingerprint density at radius 2 is 0.933 bits per heavy atom. The normalized spacial score (nSPS) is 11.3. The summed E-state index contributed by atoms with van der Waals surface area (Å²) >= 11 is 0. The quantitative estimate of drug-likeness (QED) is 0.174. The van der Waals surface area contributed by atoms with Crippen molar-refractivity contribution >= 4 is 17.7 Å². The van der Waals surface area contributed by atoms with Crippen molar-refractivity contribution in [3.8, 4) is 0 Å². The van der Waals surface area contributed by atoms with Crippen molar-refractivity contribution in [2.45, 2.75) is 32.6 Å². The van der Waals surface area contributed by atoms with Gasteiger partial charge >= 0.3 is 0 Å². The molecular formula is C18H35N3O9. The molecule has 0 aromatic rings. The average Bonchev–Trinajstić information content (AvgIpc) is 2.70. The molecule has 0 spiro atoms. The van der Waals surface area contributed by atoms with E-state index in [1.54, 1.807) is 0 Å². The summed E-state index contributed by atoms with van der Waals surface area (Å²) in [6, 6.07) is 0. The molecular weight excluding hydrogens is 402 g/mol. The van der Waals surface area contributed by atoms with E-state index >= 15 is 0 Å². The van der Waals surface area contributed by atoms with Crippen molar-refractivity contribution in [3.63, 3.8) is 0 Å². The first-order valence-electron chi connectivity index (χ1n) is 9.64. The van der Waals surface area contributed by atoms with Gasteiger partial charge in [0.05, 0.1) is 58.9 Å². The Balaban J connectivity index is 4.69. The number of hydroxylamine groups is 6. The van der Waals surface area contributed by atoms with E-state index in [2.05, 4.69) is 0 Å². The molecule has 0 radical (unpaired) electrons. The van der Waals surface area contributed by atoms with E-state index in [-0.39, 0.29) is 58.9 Å². The second kappa shape index (κ2) is 15.0. The van der Waals surface area contributed by atoms with Crippen molar-refractivity contribution < 1.29 is 44.2 Å². The van der Waals surface area contributed by atoms with E-state index in [9.17, 15) is 14.4 Å². The average molecular weight is 437 g/mol. The molecule has 0 saturated carbocycles. The molecule has 0 aromatic heterocycles. The molecule has 30 heavy (non-hydrogen) atoms. The van der Waals surface area contributed by atoms with Crippen molar-refractivity contribution in [2.24, 2.45) is 5.41 Å². The van der Waals surface area contributed by atoms with Crippen LogP contribution in [0.4, 0.5) is 0 Å². The first-order chi connectivity index (χ1) is 14.0. The molecule has 176 valence electrons. The summed E-state index contributed by atoms with van der Waals surface area (Å²) in [5, 5.41) is 28.7. The Morgan fingerprint density at radius 1 is 0.667 bits per heavy atom. The molecule has 0 rings (SSSR count). The Labute approximate surface area is 176 Å². The molecule has 12 heteroatoms. The minimum atomic E-state index is -0.601. The number of amides is 3. The molecule has 12 nitrogen and oxygen atoms in total. The minimum absolute atomic E-state index is 0.00316. The third-order valence-electron chi connectivity index (χ3n) is 4.44. The highest BCUT2D eigenvalue weighted by Gasteiger charge is 2.30. The molecule has 0 atom stereocenters.